The molecular formula is C20H27NO5S. The standard InChI is InChI=1S/C20H27NO5S/c1-5-24-17-7-8-19(25-6-2)20(14-17)27(22,23)21-9-10-26-18-12-15(3)11-16(4)13-18/h7-8,11-14,21H,5-6,9-10H2,1-4H3. The molecule has 0 amide bonds. The minimum atomic E-state index is -3.76. The lowest BCUT2D eigenvalue weighted by atomic mass is 10.1. The Morgan fingerprint density at radius 1 is 0.852 bits per heavy atom. The van der Waals surface area contributed by atoms with Gasteiger partial charge in [0.2, 0.25) is 10.0 Å². The molecule has 0 aliphatic rings. The van der Waals surface area contributed by atoms with Gasteiger partial charge in [-0.15, -0.1) is 0 Å². The molecule has 2 aromatic rings. The van der Waals surface area contributed by atoms with E-state index in [1.54, 1.807) is 19.1 Å². The van der Waals surface area contributed by atoms with Crippen LogP contribution in [0.1, 0.15) is 25.0 Å². The average Bonchev–Trinajstić information content (AvgIpc) is 2.60. The van der Waals surface area contributed by atoms with E-state index in [1.165, 1.54) is 6.07 Å². The number of rotatable bonds is 10. The molecule has 2 rings (SSSR count). The van der Waals surface area contributed by atoms with Gasteiger partial charge in [0.15, 0.2) is 0 Å². The summed E-state index contributed by atoms with van der Waals surface area (Å²) in [5, 5.41) is 0. The molecule has 1 N–H and O–H groups in total. The van der Waals surface area contributed by atoms with E-state index in [-0.39, 0.29) is 18.0 Å². The molecule has 2 aromatic carbocycles. The fraction of sp³-hybridized carbons (Fsp3) is 0.400. The van der Waals surface area contributed by atoms with Gasteiger partial charge in [0, 0.05) is 12.6 Å². The second kappa shape index (κ2) is 9.62. The molecular weight excluding hydrogens is 366 g/mol. The maximum absolute atomic E-state index is 12.7. The van der Waals surface area contributed by atoms with Crippen LogP contribution in [0.4, 0.5) is 0 Å². The number of benzene rings is 2. The predicted molar refractivity (Wildman–Crippen MR) is 105 cm³/mol. The zero-order valence-electron chi connectivity index (χ0n) is 16.2. The van der Waals surface area contributed by atoms with E-state index in [2.05, 4.69) is 10.8 Å². The topological polar surface area (TPSA) is 73.9 Å². The largest absolute Gasteiger partial charge is 0.494 e. The molecule has 0 spiro atoms. The summed E-state index contributed by atoms with van der Waals surface area (Å²) < 4.78 is 44.5. The van der Waals surface area contributed by atoms with Crippen LogP contribution in [0.25, 0.3) is 0 Å². The summed E-state index contributed by atoms with van der Waals surface area (Å²) in [6.07, 6.45) is 0. The maximum atomic E-state index is 12.7. The Morgan fingerprint density at radius 2 is 1.52 bits per heavy atom. The Bertz CT molecular complexity index is 844. The molecule has 0 radical (unpaired) electrons. The lowest BCUT2D eigenvalue weighted by molar-refractivity contribution is 0.319. The molecule has 27 heavy (non-hydrogen) atoms. The summed E-state index contributed by atoms with van der Waals surface area (Å²) in [7, 11) is -3.76. The van der Waals surface area contributed by atoms with Gasteiger partial charge in [-0.3, -0.25) is 0 Å². The van der Waals surface area contributed by atoms with E-state index in [0.717, 1.165) is 16.9 Å². The first-order chi connectivity index (χ1) is 12.9. The number of sulfonamides is 1. The van der Waals surface area contributed by atoms with Crippen LogP contribution in [0.3, 0.4) is 0 Å². The fourth-order valence-electron chi connectivity index (χ4n) is 2.67. The third-order valence-electron chi connectivity index (χ3n) is 3.67. The normalized spacial score (nSPS) is 11.3. The first-order valence-corrected chi connectivity index (χ1v) is 10.4. The van der Waals surface area contributed by atoms with Crippen molar-refractivity contribution in [3.05, 3.63) is 47.5 Å². The van der Waals surface area contributed by atoms with Crippen molar-refractivity contribution in [3.63, 3.8) is 0 Å². The highest BCUT2D eigenvalue weighted by atomic mass is 32.2. The molecule has 148 valence electrons. The van der Waals surface area contributed by atoms with Crippen LogP contribution in [0.5, 0.6) is 17.2 Å². The van der Waals surface area contributed by atoms with E-state index in [0.29, 0.717) is 24.7 Å². The Hall–Kier alpha value is -2.25. The van der Waals surface area contributed by atoms with Gasteiger partial charge in [0.05, 0.1) is 13.2 Å². The van der Waals surface area contributed by atoms with Crippen molar-refractivity contribution in [1.82, 2.24) is 4.72 Å². The lowest BCUT2D eigenvalue weighted by Crippen LogP contribution is -2.28. The molecule has 0 unspecified atom stereocenters. The highest BCUT2D eigenvalue weighted by Crippen LogP contribution is 2.28. The number of hydrogen-bond donors (Lipinski definition) is 1. The van der Waals surface area contributed by atoms with E-state index >= 15 is 0 Å². The molecule has 0 saturated heterocycles. The molecule has 0 aromatic heterocycles. The van der Waals surface area contributed by atoms with Gasteiger partial charge < -0.3 is 14.2 Å². The zero-order chi connectivity index (χ0) is 19.9. The first-order valence-electron chi connectivity index (χ1n) is 8.96. The van der Waals surface area contributed by atoms with E-state index < -0.39 is 10.0 Å². The van der Waals surface area contributed by atoms with Gasteiger partial charge in [-0.2, -0.15) is 0 Å². The highest BCUT2D eigenvalue weighted by molar-refractivity contribution is 7.89. The second-order valence-corrected chi connectivity index (χ2v) is 7.78. The minimum absolute atomic E-state index is 0.0571. The minimum Gasteiger partial charge on any atom is -0.494 e. The van der Waals surface area contributed by atoms with Crippen LogP contribution in [0.2, 0.25) is 0 Å². The third kappa shape index (κ3) is 6.15. The smallest absolute Gasteiger partial charge is 0.244 e. The third-order valence-corrected chi connectivity index (χ3v) is 5.16. The van der Waals surface area contributed by atoms with Gasteiger partial charge in [-0.05, 0) is 63.1 Å². The van der Waals surface area contributed by atoms with Crippen LogP contribution in [-0.4, -0.2) is 34.8 Å². The Kier molecular flexibility index (Phi) is 7.50. The van der Waals surface area contributed by atoms with E-state index in [1.807, 2.05) is 32.9 Å². The lowest BCUT2D eigenvalue weighted by Gasteiger charge is -2.14. The van der Waals surface area contributed by atoms with Crippen molar-refractivity contribution in [3.8, 4) is 17.2 Å². The molecule has 7 heteroatoms. The summed E-state index contributed by atoms with van der Waals surface area (Å²) in [4.78, 5) is 0.0571. The number of nitrogens with one attached hydrogen (secondary N) is 1. The number of aryl methyl sites for hydroxylation is 2. The Labute approximate surface area is 161 Å². The first kappa shape index (κ1) is 21.1. The van der Waals surface area contributed by atoms with Crippen LogP contribution >= 0.6 is 0 Å². The maximum Gasteiger partial charge on any atom is 0.244 e. The highest BCUT2D eigenvalue weighted by Gasteiger charge is 2.20. The van der Waals surface area contributed by atoms with E-state index in [4.69, 9.17) is 14.2 Å². The summed E-state index contributed by atoms with van der Waals surface area (Å²) in [6.45, 7) is 8.80. The summed E-state index contributed by atoms with van der Waals surface area (Å²) >= 11 is 0. The molecule has 0 saturated carbocycles. The molecule has 0 aliphatic heterocycles. The van der Waals surface area contributed by atoms with Crippen molar-refractivity contribution in [2.45, 2.75) is 32.6 Å². The molecule has 0 heterocycles. The van der Waals surface area contributed by atoms with Crippen molar-refractivity contribution >= 4 is 10.0 Å². The van der Waals surface area contributed by atoms with Gasteiger partial charge in [0.25, 0.3) is 0 Å². The summed E-state index contributed by atoms with van der Waals surface area (Å²) in [5.41, 5.74) is 2.19. The van der Waals surface area contributed by atoms with Crippen LogP contribution < -0.4 is 18.9 Å². The van der Waals surface area contributed by atoms with Gasteiger partial charge >= 0.3 is 0 Å². The Balaban J connectivity index is 2.05. The fourth-order valence-corrected chi connectivity index (χ4v) is 3.84. The summed E-state index contributed by atoms with van der Waals surface area (Å²) in [5.74, 6) is 1.50. The summed E-state index contributed by atoms with van der Waals surface area (Å²) in [6, 6.07) is 10.7. The van der Waals surface area contributed by atoms with Crippen molar-refractivity contribution < 1.29 is 22.6 Å². The van der Waals surface area contributed by atoms with Crippen molar-refractivity contribution in [2.75, 3.05) is 26.4 Å². The molecule has 0 bridgehead atoms. The predicted octanol–water partition coefficient (Wildman–Crippen LogP) is 3.46. The van der Waals surface area contributed by atoms with Crippen LogP contribution in [0, 0.1) is 13.8 Å². The Morgan fingerprint density at radius 3 is 2.15 bits per heavy atom. The van der Waals surface area contributed by atoms with Crippen LogP contribution in [0.15, 0.2) is 41.3 Å². The molecule has 0 aliphatic carbocycles. The van der Waals surface area contributed by atoms with Crippen molar-refractivity contribution in [2.24, 2.45) is 0 Å². The van der Waals surface area contributed by atoms with Gasteiger partial charge in [0.1, 0.15) is 28.8 Å². The monoisotopic (exact) mass is 393 g/mol. The quantitative estimate of drug-likeness (QED) is 0.626. The molecule has 6 nitrogen and oxygen atoms in total. The van der Waals surface area contributed by atoms with E-state index in [9.17, 15) is 8.42 Å². The van der Waals surface area contributed by atoms with Crippen molar-refractivity contribution in [1.29, 1.82) is 0 Å². The average molecular weight is 394 g/mol. The molecule has 0 atom stereocenters. The molecule has 0 fully saturated rings. The second-order valence-electron chi connectivity index (χ2n) is 6.04. The van der Waals surface area contributed by atoms with Gasteiger partial charge in [-0.1, -0.05) is 6.07 Å². The SMILES string of the molecule is CCOc1ccc(OCC)c(S(=O)(=O)NCCOc2cc(C)cc(C)c2)c1. The van der Waals surface area contributed by atoms with Crippen LogP contribution in [-0.2, 0) is 10.0 Å². The van der Waals surface area contributed by atoms with Gasteiger partial charge in [-0.25, -0.2) is 13.1 Å². The number of hydrogen-bond acceptors (Lipinski definition) is 5. The number of ether oxygens (including phenoxy) is 3. The zero-order valence-corrected chi connectivity index (χ0v) is 17.1.